The molecule has 1 amide bonds. The highest BCUT2D eigenvalue weighted by Gasteiger charge is 2.56. The minimum Gasteiger partial charge on any atom is -0.378 e. The van der Waals surface area contributed by atoms with Crippen molar-refractivity contribution in [1.82, 2.24) is 15.5 Å². The van der Waals surface area contributed by atoms with E-state index in [0.29, 0.717) is 12.1 Å². The Balaban J connectivity index is 1.99. The van der Waals surface area contributed by atoms with Crippen molar-refractivity contribution in [2.75, 3.05) is 33.8 Å². The number of hydrogen-bond acceptors (Lipinski definition) is 3. The molecule has 6 nitrogen and oxygen atoms in total. The van der Waals surface area contributed by atoms with Crippen LogP contribution in [0.3, 0.4) is 0 Å². The summed E-state index contributed by atoms with van der Waals surface area (Å²) in [6.07, 6.45) is 6.43. The second kappa shape index (κ2) is 7.99. The largest absolute Gasteiger partial charge is 0.378 e. The molecule has 2 saturated carbocycles. The Bertz CT molecular complexity index is 430. The molecule has 23 heavy (non-hydrogen) atoms. The maximum absolute atomic E-state index is 11.8. The number of hydrogen-bond donors (Lipinski definition) is 2. The molecule has 0 aliphatic heterocycles. The molecule has 0 saturated heterocycles. The first-order chi connectivity index (χ1) is 11.0. The first kappa shape index (κ1) is 18.0. The van der Waals surface area contributed by atoms with Crippen LogP contribution in [0.15, 0.2) is 4.99 Å². The summed E-state index contributed by atoms with van der Waals surface area (Å²) in [5.74, 6) is 0.757. The predicted molar refractivity (Wildman–Crippen MR) is 92.5 cm³/mol. The van der Waals surface area contributed by atoms with Gasteiger partial charge in [0.25, 0.3) is 0 Å². The van der Waals surface area contributed by atoms with E-state index in [0.717, 1.165) is 25.5 Å². The highest BCUT2D eigenvalue weighted by Crippen LogP contribution is 2.54. The molecule has 0 bridgehead atoms. The Morgan fingerprint density at radius 2 is 2.00 bits per heavy atom. The second-order valence-electron chi connectivity index (χ2n) is 6.80. The van der Waals surface area contributed by atoms with Crippen LogP contribution in [-0.2, 0) is 9.53 Å². The SMILES string of the molecule is CCNC(=NCC(=O)N(C)C)NC1CC(OCC)C12CCCC2. The quantitative estimate of drug-likeness (QED) is 0.572. The van der Waals surface area contributed by atoms with Gasteiger partial charge in [0.05, 0.1) is 6.10 Å². The van der Waals surface area contributed by atoms with Crippen molar-refractivity contribution in [3.63, 3.8) is 0 Å². The molecule has 2 aliphatic rings. The van der Waals surface area contributed by atoms with Crippen molar-refractivity contribution in [1.29, 1.82) is 0 Å². The number of nitrogens with zero attached hydrogens (tertiary/aromatic N) is 2. The molecular formula is C17H32N4O2. The molecule has 0 aromatic rings. The monoisotopic (exact) mass is 324 g/mol. The third-order valence-electron chi connectivity index (χ3n) is 5.21. The van der Waals surface area contributed by atoms with Gasteiger partial charge in [-0.05, 0) is 33.1 Å². The molecule has 0 radical (unpaired) electrons. The standard InChI is InChI=1S/C17H32N4O2/c1-5-18-16(19-12-15(22)21(3)4)20-13-11-14(23-6-2)17(13)9-7-8-10-17/h13-14H,5-12H2,1-4H3,(H2,18,19,20). The number of amides is 1. The van der Waals surface area contributed by atoms with Crippen LogP contribution in [0.1, 0.15) is 46.0 Å². The lowest BCUT2D eigenvalue weighted by atomic mass is 9.60. The van der Waals surface area contributed by atoms with Gasteiger partial charge in [-0.2, -0.15) is 0 Å². The molecule has 2 N–H and O–H groups in total. The first-order valence-electron chi connectivity index (χ1n) is 8.90. The van der Waals surface area contributed by atoms with Gasteiger partial charge in [0.15, 0.2) is 5.96 Å². The van der Waals surface area contributed by atoms with Crippen LogP contribution >= 0.6 is 0 Å². The molecule has 2 fully saturated rings. The Labute approximate surface area is 140 Å². The van der Waals surface area contributed by atoms with Gasteiger partial charge < -0.3 is 20.3 Å². The predicted octanol–water partition coefficient (Wildman–Crippen LogP) is 1.37. The Morgan fingerprint density at radius 3 is 2.57 bits per heavy atom. The molecule has 0 aromatic heterocycles. The third-order valence-corrected chi connectivity index (χ3v) is 5.21. The van der Waals surface area contributed by atoms with Gasteiger partial charge >= 0.3 is 0 Å². The number of carbonyl (C=O) groups excluding carboxylic acids is 1. The molecule has 2 atom stereocenters. The lowest BCUT2D eigenvalue weighted by molar-refractivity contribution is -0.127. The molecule has 2 unspecified atom stereocenters. The van der Waals surface area contributed by atoms with E-state index in [1.165, 1.54) is 25.7 Å². The van der Waals surface area contributed by atoms with E-state index in [4.69, 9.17) is 4.74 Å². The normalized spacial score (nSPS) is 26.0. The molecular weight excluding hydrogens is 292 g/mol. The van der Waals surface area contributed by atoms with Crippen LogP contribution < -0.4 is 10.6 Å². The fourth-order valence-corrected chi connectivity index (χ4v) is 3.86. The summed E-state index contributed by atoms with van der Waals surface area (Å²) in [5, 5.41) is 6.81. The highest BCUT2D eigenvalue weighted by molar-refractivity contribution is 5.85. The first-order valence-corrected chi connectivity index (χ1v) is 8.90. The van der Waals surface area contributed by atoms with Crippen LogP contribution in [0, 0.1) is 5.41 Å². The Morgan fingerprint density at radius 1 is 1.30 bits per heavy atom. The summed E-state index contributed by atoms with van der Waals surface area (Å²) in [6.45, 7) is 5.86. The smallest absolute Gasteiger partial charge is 0.243 e. The van der Waals surface area contributed by atoms with Gasteiger partial charge in [0.2, 0.25) is 5.91 Å². The van der Waals surface area contributed by atoms with Crippen molar-refractivity contribution in [2.45, 2.75) is 58.1 Å². The number of guanidine groups is 1. The van der Waals surface area contributed by atoms with E-state index in [-0.39, 0.29) is 17.9 Å². The van der Waals surface area contributed by atoms with E-state index in [1.807, 2.05) is 6.92 Å². The Hall–Kier alpha value is -1.30. The zero-order valence-electron chi connectivity index (χ0n) is 15.0. The average molecular weight is 324 g/mol. The van der Waals surface area contributed by atoms with Gasteiger partial charge in [0, 0.05) is 38.7 Å². The van der Waals surface area contributed by atoms with Crippen LogP contribution in [0.4, 0.5) is 0 Å². The van der Waals surface area contributed by atoms with E-state index in [2.05, 4.69) is 22.5 Å². The summed E-state index contributed by atoms with van der Waals surface area (Å²) >= 11 is 0. The molecule has 132 valence electrons. The number of likely N-dealkylation sites (N-methyl/N-ethyl adjacent to an activating group) is 1. The topological polar surface area (TPSA) is 66.0 Å². The van der Waals surface area contributed by atoms with E-state index in [9.17, 15) is 4.79 Å². The minimum absolute atomic E-state index is 0.0126. The Kier molecular flexibility index (Phi) is 6.27. The number of ether oxygens (including phenoxy) is 1. The second-order valence-corrected chi connectivity index (χ2v) is 6.80. The van der Waals surface area contributed by atoms with Crippen LogP contribution in [0.25, 0.3) is 0 Å². The van der Waals surface area contributed by atoms with Crippen LogP contribution in [0.5, 0.6) is 0 Å². The summed E-state index contributed by atoms with van der Waals surface area (Å²) < 4.78 is 5.96. The van der Waals surface area contributed by atoms with Gasteiger partial charge in [-0.15, -0.1) is 0 Å². The molecule has 6 heteroatoms. The zero-order valence-corrected chi connectivity index (χ0v) is 15.0. The summed E-state index contributed by atoms with van der Waals surface area (Å²) in [4.78, 5) is 17.8. The number of nitrogens with one attached hydrogen (secondary N) is 2. The summed E-state index contributed by atoms with van der Waals surface area (Å²) in [6, 6.07) is 0.397. The van der Waals surface area contributed by atoms with Crippen molar-refractivity contribution >= 4 is 11.9 Å². The molecule has 0 heterocycles. The number of aliphatic imine (C=N–C) groups is 1. The van der Waals surface area contributed by atoms with Crippen molar-refractivity contribution in [3.05, 3.63) is 0 Å². The lowest BCUT2D eigenvalue weighted by Gasteiger charge is -2.54. The molecule has 2 rings (SSSR count). The number of rotatable bonds is 6. The van der Waals surface area contributed by atoms with Gasteiger partial charge in [-0.25, -0.2) is 4.99 Å². The van der Waals surface area contributed by atoms with E-state index >= 15 is 0 Å². The minimum atomic E-state index is 0.0126. The van der Waals surface area contributed by atoms with E-state index in [1.54, 1.807) is 19.0 Å². The lowest BCUT2D eigenvalue weighted by Crippen LogP contribution is -2.65. The van der Waals surface area contributed by atoms with Crippen LogP contribution in [-0.4, -0.2) is 62.7 Å². The van der Waals surface area contributed by atoms with E-state index < -0.39 is 0 Å². The number of carbonyl (C=O) groups is 1. The molecule has 1 spiro atoms. The maximum Gasteiger partial charge on any atom is 0.243 e. The van der Waals surface area contributed by atoms with Crippen molar-refractivity contribution in [2.24, 2.45) is 10.4 Å². The average Bonchev–Trinajstić information content (AvgIpc) is 3.03. The summed E-state index contributed by atoms with van der Waals surface area (Å²) in [7, 11) is 3.51. The molecule has 0 aromatic carbocycles. The van der Waals surface area contributed by atoms with Gasteiger partial charge in [0.1, 0.15) is 6.54 Å². The fourth-order valence-electron chi connectivity index (χ4n) is 3.86. The third kappa shape index (κ3) is 3.97. The zero-order chi connectivity index (χ0) is 16.9. The van der Waals surface area contributed by atoms with Crippen molar-refractivity contribution < 1.29 is 9.53 Å². The van der Waals surface area contributed by atoms with Gasteiger partial charge in [-0.1, -0.05) is 12.8 Å². The highest BCUT2D eigenvalue weighted by atomic mass is 16.5. The fraction of sp³-hybridized carbons (Fsp3) is 0.882. The maximum atomic E-state index is 11.8. The molecule has 2 aliphatic carbocycles. The summed E-state index contributed by atoms with van der Waals surface area (Å²) in [5.41, 5.74) is 0.262. The van der Waals surface area contributed by atoms with Crippen molar-refractivity contribution in [3.8, 4) is 0 Å². The van der Waals surface area contributed by atoms with Crippen LogP contribution in [0.2, 0.25) is 0 Å². The van der Waals surface area contributed by atoms with Gasteiger partial charge in [-0.3, -0.25) is 4.79 Å².